The molecule has 0 saturated carbocycles. The van der Waals surface area contributed by atoms with Crippen molar-refractivity contribution in [2.45, 2.75) is 0 Å². The van der Waals surface area contributed by atoms with Gasteiger partial charge in [-0.1, -0.05) is 23.2 Å². The van der Waals surface area contributed by atoms with Crippen LogP contribution in [0.1, 0.15) is 0 Å². The summed E-state index contributed by atoms with van der Waals surface area (Å²) in [5, 5.41) is 7.14. The molecule has 0 radical (unpaired) electrons. The molecule has 2 aromatic carbocycles. The Balaban J connectivity index is 1.78. The molecule has 23 heavy (non-hydrogen) atoms. The molecule has 0 atom stereocenters. The van der Waals surface area contributed by atoms with Gasteiger partial charge >= 0.3 is 0 Å². The predicted octanol–water partition coefficient (Wildman–Crippen LogP) is 5.41. The first-order chi connectivity index (χ1) is 11.1. The fourth-order valence-corrected chi connectivity index (χ4v) is 2.34. The molecule has 116 valence electrons. The number of nitrogens with one attached hydrogen (secondary N) is 2. The number of aromatic nitrogens is 2. The summed E-state index contributed by atoms with van der Waals surface area (Å²) in [4.78, 5) is 8.46. The zero-order valence-corrected chi connectivity index (χ0v) is 13.2. The number of benzene rings is 2. The molecule has 4 nitrogen and oxygen atoms in total. The van der Waals surface area contributed by atoms with Crippen LogP contribution in [0, 0.1) is 5.82 Å². The summed E-state index contributed by atoms with van der Waals surface area (Å²) in [6, 6.07) is 12.8. The van der Waals surface area contributed by atoms with Gasteiger partial charge in [0.2, 0.25) is 5.95 Å². The average molecular weight is 349 g/mol. The molecule has 0 amide bonds. The van der Waals surface area contributed by atoms with Gasteiger partial charge in [0.05, 0.1) is 10.7 Å². The average Bonchev–Trinajstić information content (AvgIpc) is 2.53. The first-order valence-corrected chi connectivity index (χ1v) is 7.43. The third kappa shape index (κ3) is 4.09. The molecule has 0 aliphatic carbocycles. The minimum atomic E-state index is -0.302. The minimum Gasteiger partial charge on any atom is -0.339 e. The molecule has 3 aromatic rings. The maximum Gasteiger partial charge on any atom is 0.229 e. The van der Waals surface area contributed by atoms with Gasteiger partial charge in [0, 0.05) is 16.9 Å². The summed E-state index contributed by atoms with van der Waals surface area (Å²) in [6.45, 7) is 0. The summed E-state index contributed by atoms with van der Waals surface area (Å²) < 4.78 is 12.9. The zero-order valence-electron chi connectivity index (χ0n) is 11.7. The molecule has 0 saturated heterocycles. The van der Waals surface area contributed by atoms with Crippen LogP contribution in [0.15, 0.2) is 54.7 Å². The van der Waals surface area contributed by atoms with Crippen LogP contribution in [0.5, 0.6) is 0 Å². The molecular formula is C16H11Cl2FN4. The lowest BCUT2D eigenvalue weighted by Crippen LogP contribution is -2.00. The highest BCUT2D eigenvalue weighted by Gasteiger charge is 2.04. The first-order valence-electron chi connectivity index (χ1n) is 6.68. The number of rotatable bonds is 4. The first kappa shape index (κ1) is 15.5. The highest BCUT2D eigenvalue weighted by molar-refractivity contribution is 6.36. The standard InChI is InChI=1S/C16H11Cl2FN4/c17-10-1-6-14(13(18)9-10)22-15-7-8-20-16(23-15)21-12-4-2-11(19)3-5-12/h1-9H,(H2,20,21,22,23). The highest BCUT2D eigenvalue weighted by Crippen LogP contribution is 2.27. The predicted molar refractivity (Wildman–Crippen MR) is 91.5 cm³/mol. The van der Waals surface area contributed by atoms with Crippen molar-refractivity contribution in [2.75, 3.05) is 10.6 Å². The lowest BCUT2D eigenvalue weighted by molar-refractivity contribution is 0.628. The van der Waals surface area contributed by atoms with Crippen molar-refractivity contribution in [3.63, 3.8) is 0 Å². The molecule has 0 aliphatic rings. The number of halogens is 3. The van der Waals surface area contributed by atoms with Crippen molar-refractivity contribution >= 4 is 46.3 Å². The number of nitrogens with zero attached hydrogens (tertiary/aromatic N) is 2. The number of anilines is 4. The third-order valence-electron chi connectivity index (χ3n) is 2.95. The van der Waals surface area contributed by atoms with E-state index in [-0.39, 0.29) is 5.82 Å². The van der Waals surface area contributed by atoms with E-state index in [1.54, 1.807) is 42.6 Å². The van der Waals surface area contributed by atoms with Crippen LogP contribution in [0.2, 0.25) is 10.0 Å². The molecule has 7 heteroatoms. The molecule has 2 N–H and O–H groups in total. The monoisotopic (exact) mass is 348 g/mol. The summed E-state index contributed by atoms with van der Waals surface area (Å²) in [5.74, 6) is 0.643. The van der Waals surface area contributed by atoms with Gasteiger partial charge in [-0.15, -0.1) is 0 Å². The maximum absolute atomic E-state index is 12.9. The fraction of sp³-hybridized carbons (Fsp3) is 0. The highest BCUT2D eigenvalue weighted by atomic mass is 35.5. The normalized spacial score (nSPS) is 10.4. The fourth-order valence-electron chi connectivity index (χ4n) is 1.88. The summed E-state index contributed by atoms with van der Waals surface area (Å²) in [6.07, 6.45) is 1.60. The summed E-state index contributed by atoms with van der Waals surface area (Å²) in [5.41, 5.74) is 1.37. The Morgan fingerprint density at radius 2 is 1.70 bits per heavy atom. The van der Waals surface area contributed by atoms with Gasteiger partial charge in [-0.2, -0.15) is 4.98 Å². The van der Waals surface area contributed by atoms with Crippen molar-refractivity contribution in [1.29, 1.82) is 0 Å². The van der Waals surface area contributed by atoms with Crippen molar-refractivity contribution < 1.29 is 4.39 Å². The van der Waals surface area contributed by atoms with Crippen molar-refractivity contribution in [1.82, 2.24) is 9.97 Å². The van der Waals surface area contributed by atoms with Crippen LogP contribution < -0.4 is 10.6 Å². The van der Waals surface area contributed by atoms with E-state index in [4.69, 9.17) is 23.2 Å². The quantitative estimate of drug-likeness (QED) is 0.661. The molecule has 0 fully saturated rings. The van der Waals surface area contributed by atoms with E-state index >= 15 is 0 Å². The van der Waals surface area contributed by atoms with E-state index in [0.29, 0.717) is 33.2 Å². The van der Waals surface area contributed by atoms with Gasteiger partial charge in [0.1, 0.15) is 11.6 Å². The van der Waals surface area contributed by atoms with Gasteiger partial charge < -0.3 is 10.6 Å². The van der Waals surface area contributed by atoms with E-state index in [2.05, 4.69) is 20.6 Å². The SMILES string of the molecule is Fc1ccc(Nc2nccc(Nc3ccc(Cl)cc3Cl)n2)cc1. The van der Waals surface area contributed by atoms with Crippen LogP contribution in [-0.2, 0) is 0 Å². The van der Waals surface area contributed by atoms with Gasteiger partial charge in [0.15, 0.2) is 0 Å². The Morgan fingerprint density at radius 3 is 2.43 bits per heavy atom. The Bertz CT molecular complexity index is 825. The van der Waals surface area contributed by atoms with Crippen LogP contribution in [-0.4, -0.2) is 9.97 Å². The molecule has 1 heterocycles. The van der Waals surface area contributed by atoms with Crippen LogP contribution in [0.3, 0.4) is 0 Å². The van der Waals surface area contributed by atoms with Gasteiger partial charge in [-0.25, -0.2) is 9.37 Å². The second-order valence-electron chi connectivity index (χ2n) is 4.65. The Hall–Kier alpha value is -2.37. The van der Waals surface area contributed by atoms with Crippen LogP contribution in [0.25, 0.3) is 0 Å². The molecule has 1 aromatic heterocycles. The smallest absolute Gasteiger partial charge is 0.229 e. The van der Waals surface area contributed by atoms with E-state index in [1.165, 1.54) is 12.1 Å². The number of hydrogen-bond donors (Lipinski definition) is 2. The van der Waals surface area contributed by atoms with E-state index in [0.717, 1.165) is 0 Å². The minimum absolute atomic E-state index is 0.302. The lowest BCUT2D eigenvalue weighted by atomic mass is 10.3. The van der Waals surface area contributed by atoms with Gasteiger partial charge in [-0.05, 0) is 48.5 Å². The van der Waals surface area contributed by atoms with Crippen molar-refractivity contribution in [3.8, 4) is 0 Å². The summed E-state index contributed by atoms with van der Waals surface area (Å²) >= 11 is 12.0. The molecule has 0 unspecified atom stereocenters. The largest absolute Gasteiger partial charge is 0.339 e. The van der Waals surface area contributed by atoms with Gasteiger partial charge in [-0.3, -0.25) is 0 Å². The van der Waals surface area contributed by atoms with Crippen molar-refractivity contribution in [2.24, 2.45) is 0 Å². The molecule has 0 aliphatic heterocycles. The van der Waals surface area contributed by atoms with Crippen LogP contribution >= 0.6 is 23.2 Å². The molecular weight excluding hydrogens is 338 g/mol. The maximum atomic E-state index is 12.9. The third-order valence-corrected chi connectivity index (χ3v) is 3.50. The Labute approximate surface area is 142 Å². The van der Waals surface area contributed by atoms with E-state index in [1.807, 2.05) is 0 Å². The Kier molecular flexibility index (Phi) is 4.60. The Morgan fingerprint density at radius 1 is 0.913 bits per heavy atom. The molecule has 0 bridgehead atoms. The lowest BCUT2D eigenvalue weighted by Gasteiger charge is -2.10. The zero-order chi connectivity index (χ0) is 16.2. The molecule has 0 spiro atoms. The van der Waals surface area contributed by atoms with E-state index in [9.17, 15) is 4.39 Å². The number of hydrogen-bond acceptors (Lipinski definition) is 4. The second kappa shape index (κ2) is 6.81. The van der Waals surface area contributed by atoms with Gasteiger partial charge in [0.25, 0.3) is 0 Å². The van der Waals surface area contributed by atoms with Crippen molar-refractivity contribution in [3.05, 3.63) is 70.6 Å². The molecule has 3 rings (SSSR count). The van der Waals surface area contributed by atoms with E-state index < -0.39 is 0 Å². The summed E-state index contributed by atoms with van der Waals surface area (Å²) in [7, 11) is 0. The topological polar surface area (TPSA) is 49.8 Å². The van der Waals surface area contributed by atoms with Crippen LogP contribution in [0.4, 0.5) is 27.5 Å². The second-order valence-corrected chi connectivity index (χ2v) is 5.49.